The Morgan fingerprint density at radius 1 is 1.25 bits per heavy atom. The molecule has 0 aromatic heterocycles. The van der Waals surface area contributed by atoms with Crippen molar-refractivity contribution in [3.05, 3.63) is 48.5 Å². The molecular weight excluding hydrogens is 143 g/mol. The summed E-state index contributed by atoms with van der Waals surface area (Å²) in [6, 6.07) is 0. The van der Waals surface area contributed by atoms with Crippen molar-refractivity contribution in [2.75, 3.05) is 0 Å². The van der Waals surface area contributed by atoms with E-state index in [-0.39, 0.29) is 0 Å². The molecule has 2 radical (unpaired) electrons. The molecule has 0 bridgehead atoms. The molecule has 0 nitrogen and oxygen atoms in total. The first kappa shape index (κ1) is 11.0. The average molecular weight is 158 g/mol. The van der Waals surface area contributed by atoms with Crippen LogP contribution in [0.5, 0.6) is 0 Å². The number of rotatable bonds is 5. The van der Waals surface area contributed by atoms with Crippen molar-refractivity contribution in [3.8, 4) is 0 Å². The highest BCUT2D eigenvalue weighted by Gasteiger charge is 1.84. The maximum Gasteiger partial charge on any atom is 0.102 e. The van der Waals surface area contributed by atoms with Gasteiger partial charge in [0.2, 0.25) is 0 Å². The Labute approximate surface area is 76.8 Å². The van der Waals surface area contributed by atoms with Crippen molar-refractivity contribution in [3.63, 3.8) is 0 Å². The van der Waals surface area contributed by atoms with Gasteiger partial charge in [0.25, 0.3) is 0 Å². The molecule has 0 aliphatic heterocycles. The van der Waals surface area contributed by atoms with Gasteiger partial charge >= 0.3 is 0 Å². The van der Waals surface area contributed by atoms with Crippen molar-refractivity contribution in [2.24, 2.45) is 0 Å². The Morgan fingerprint density at radius 2 is 1.83 bits per heavy atom. The topological polar surface area (TPSA) is 0 Å². The Hall–Kier alpha value is -0.975. The van der Waals surface area contributed by atoms with Crippen LogP contribution in [0.4, 0.5) is 0 Å². The van der Waals surface area contributed by atoms with E-state index in [9.17, 15) is 0 Å². The number of hydrogen-bond donors (Lipinski definition) is 0. The van der Waals surface area contributed by atoms with Crippen LogP contribution in [0.15, 0.2) is 48.5 Å². The van der Waals surface area contributed by atoms with Crippen molar-refractivity contribution >= 4 is 7.85 Å². The van der Waals surface area contributed by atoms with Crippen LogP contribution in [0.1, 0.15) is 19.8 Å². The standard InChI is InChI=1S/C11H15B/c1-4-10(2)7-8-11(3)6-5-9-12/h5,7-9H,2-4,6H2,1H3/b8-7+,9-5+. The lowest BCUT2D eigenvalue weighted by atomic mass is 10.1. The predicted molar refractivity (Wildman–Crippen MR) is 57.2 cm³/mol. The largest absolute Gasteiger partial charge is 0.135 e. The summed E-state index contributed by atoms with van der Waals surface area (Å²) in [5.41, 5.74) is 2.17. The van der Waals surface area contributed by atoms with Crippen LogP contribution in [0.3, 0.4) is 0 Å². The molecule has 0 heterocycles. The molecular formula is C11H15B. The van der Waals surface area contributed by atoms with Gasteiger partial charge in [0.15, 0.2) is 0 Å². The number of hydrogen-bond acceptors (Lipinski definition) is 0. The molecule has 0 saturated heterocycles. The van der Waals surface area contributed by atoms with E-state index >= 15 is 0 Å². The highest BCUT2D eigenvalue weighted by Crippen LogP contribution is 2.05. The van der Waals surface area contributed by atoms with Crippen LogP contribution >= 0.6 is 0 Å². The van der Waals surface area contributed by atoms with Crippen LogP contribution in [0.2, 0.25) is 0 Å². The van der Waals surface area contributed by atoms with E-state index in [1.165, 1.54) is 5.98 Å². The summed E-state index contributed by atoms with van der Waals surface area (Å²) in [5, 5.41) is 0. The Balaban J connectivity index is 3.83. The van der Waals surface area contributed by atoms with E-state index < -0.39 is 0 Å². The van der Waals surface area contributed by atoms with Gasteiger partial charge in [-0.15, -0.1) is 5.98 Å². The second kappa shape index (κ2) is 6.72. The second-order valence-corrected chi connectivity index (χ2v) is 2.64. The van der Waals surface area contributed by atoms with Gasteiger partial charge in [0, 0.05) is 0 Å². The zero-order valence-corrected chi connectivity index (χ0v) is 7.72. The molecule has 0 atom stereocenters. The quantitative estimate of drug-likeness (QED) is 0.425. The zero-order chi connectivity index (χ0) is 9.40. The predicted octanol–water partition coefficient (Wildman–Crippen LogP) is 3.14. The minimum absolute atomic E-state index is 0.810. The van der Waals surface area contributed by atoms with Crippen LogP contribution in [0, 0.1) is 0 Å². The fourth-order valence-corrected chi connectivity index (χ4v) is 0.641. The van der Waals surface area contributed by atoms with Gasteiger partial charge in [-0.2, -0.15) is 0 Å². The minimum atomic E-state index is 0.810. The van der Waals surface area contributed by atoms with Crippen LogP contribution < -0.4 is 0 Å². The molecule has 62 valence electrons. The third-order valence-electron chi connectivity index (χ3n) is 1.52. The first-order chi connectivity index (χ1) is 5.70. The zero-order valence-electron chi connectivity index (χ0n) is 7.72. The Morgan fingerprint density at radius 3 is 2.33 bits per heavy atom. The van der Waals surface area contributed by atoms with Gasteiger partial charge in [-0.05, 0) is 12.8 Å². The third-order valence-corrected chi connectivity index (χ3v) is 1.52. The molecule has 0 fully saturated rings. The smallest absolute Gasteiger partial charge is 0.102 e. The summed E-state index contributed by atoms with van der Waals surface area (Å²) >= 11 is 0. The second-order valence-electron chi connectivity index (χ2n) is 2.64. The Kier molecular flexibility index (Phi) is 6.17. The molecule has 0 rings (SSSR count). The highest BCUT2D eigenvalue weighted by molar-refractivity contribution is 6.16. The molecule has 0 saturated carbocycles. The average Bonchev–Trinajstić information content (AvgIpc) is 2.10. The molecule has 0 N–H and O–H groups in total. The molecule has 0 spiro atoms. The third kappa shape index (κ3) is 5.78. The summed E-state index contributed by atoms with van der Waals surface area (Å²) < 4.78 is 0. The van der Waals surface area contributed by atoms with E-state index in [0.717, 1.165) is 24.0 Å². The van der Waals surface area contributed by atoms with E-state index in [1.54, 1.807) is 0 Å². The molecule has 0 amide bonds. The fourth-order valence-electron chi connectivity index (χ4n) is 0.641. The first-order valence-electron chi connectivity index (χ1n) is 4.11. The normalized spacial score (nSPS) is 11.1. The molecule has 0 aromatic rings. The lowest BCUT2D eigenvalue weighted by Gasteiger charge is -1.94. The van der Waals surface area contributed by atoms with Crippen molar-refractivity contribution in [1.82, 2.24) is 0 Å². The van der Waals surface area contributed by atoms with Crippen LogP contribution in [-0.4, -0.2) is 7.85 Å². The van der Waals surface area contributed by atoms with E-state index in [0.29, 0.717) is 0 Å². The SMILES string of the molecule is [B]/C=C/CC(=C)/C=C/C(=C)CC. The summed E-state index contributed by atoms with van der Waals surface area (Å²) in [4.78, 5) is 0. The van der Waals surface area contributed by atoms with Gasteiger partial charge in [-0.3, -0.25) is 0 Å². The van der Waals surface area contributed by atoms with Gasteiger partial charge in [-0.1, -0.05) is 49.5 Å². The van der Waals surface area contributed by atoms with Crippen LogP contribution in [0.25, 0.3) is 0 Å². The molecule has 0 unspecified atom stereocenters. The van der Waals surface area contributed by atoms with Gasteiger partial charge in [-0.25, -0.2) is 0 Å². The minimum Gasteiger partial charge on any atom is -0.135 e. The van der Waals surface area contributed by atoms with E-state index in [2.05, 4.69) is 20.1 Å². The van der Waals surface area contributed by atoms with E-state index in [1.807, 2.05) is 18.2 Å². The van der Waals surface area contributed by atoms with Crippen molar-refractivity contribution in [2.45, 2.75) is 19.8 Å². The Bertz CT molecular complexity index is 209. The maximum absolute atomic E-state index is 5.20. The van der Waals surface area contributed by atoms with Gasteiger partial charge in [0.05, 0.1) is 0 Å². The molecule has 0 aromatic carbocycles. The van der Waals surface area contributed by atoms with Crippen molar-refractivity contribution < 1.29 is 0 Å². The first-order valence-corrected chi connectivity index (χ1v) is 4.11. The molecule has 12 heavy (non-hydrogen) atoms. The van der Waals surface area contributed by atoms with Gasteiger partial charge in [0.1, 0.15) is 7.85 Å². The number of allylic oxidation sites excluding steroid dienone is 5. The summed E-state index contributed by atoms with van der Waals surface area (Å²) in [5.74, 6) is 1.54. The highest BCUT2D eigenvalue weighted by atomic mass is 13.9. The maximum atomic E-state index is 5.20. The molecule has 1 heteroatoms. The molecule has 0 aliphatic rings. The lowest BCUT2D eigenvalue weighted by Crippen LogP contribution is -1.74. The monoisotopic (exact) mass is 158 g/mol. The van der Waals surface area contributed by atoms with E-state index in [4.69, 9.17) is 7.85 Å². The molecule has 0 aliphatic carbocycles. The van der Waals surface area contributed by atoms with Gasteiger partial charge < -0.3 is 0 Å². The van der Waals surface area contributed by atoms with Crippen LogP contribution in [-0.2, 0) is 0 Å². The summed E-state index contributed by atoms with van der Waals surface area (Å²) in [7, 11) is 5.20. The summed E-state index contributed by atoms with van der Waals surface area (Å²) in [6.07, 6.45) is 7.64. The summed E-state index contributed by atoms with van der Waals surface area (Å²) in [6.45, 7) is 9.80. The fraction of sp³-hybridized carbons (Fsp3) is 0.273. The lowest BCUT2D eigenvalue weighted by molar-refractivity contribution is 1.15. The van der Waals surface area contributed by atoms with Crippen molar-refractivity contribution in [1.29, 1.82) is 0 Å².